The lowest BCUT2D eigenvalue weighted by atomic mass is 10.2. The number of nitrogens with one attached hydrogen (secondary N) is 1. The van der Waals surface area contributed by atoms with Crippen LogP contribution in [0.2, 0.25) is 0 Å². The molecule has 8 heteroatoms. The number of aromatic nitrogens is 2. The third-order valence-electron chi connectivity index (χ3n) is 4.84. The monoisotopic (exact) mass is 436 g/mol. The number of amides is 1. The van der Waals surface area contributed by atoms with Gasteiger partial charge >= 0.3 is 11.8 Å². The van der Waals surface area contributed by atoms with Gasteiger partial charge in [-0.25, -0.2) is 9.59 Å². The molecule has 0 aliphatic carbocycles. The lowest BCUT2D eigenvalue weighted by molar-refractivity contribution is 0.155. The Hall–Kier alpha value is -3.65. The van der Waals surface area contributed by atoms with Crippen LogP contribution in [0.25, 0.3) is 0 Å². The molecule has 2 aromatic carbocycles. The van der Waals surface area contributed by atoms with Gasteiger partial charge in [0.2, 0.25) is 0 Å². The van der Waals surface area contributed by atoms with Crippen molar-refractivity contribution in [1.82, 2.24) is 14.5 Å². The van der Waals surface area contributed by atoms with Crippen molar-refractivity contribution < 1.29 is 14.3 Å². The minimum atomic E-state index is -0.655. The van der Waals surface area contributed by atoms with Crippen LogP contribution in [0.1, 0.15) is 17.5 Å². The summed E-state index contributed by atoms with van der Waals surface area (Å²) < 4.78 is 11.9. The molecule has 168 valence electrons. The highest BCUT2D eigenvalue weighted by Gasteiger charge is 2.07. The number of aryl methyl sites for hydroxylation is 1. The van der Waals surface area contributed by atoms with Gasteiger partial charge in [0.25, 0.3) is 0 Å². The average molecular weight is 437 g/mol. The molecular formula is C24H28N4O4. The number of carbonyl (C=O) groups is 1. The Balaban J connectivity index is 1.43. The van der Waals surface area contributed by atoms with Gasteiger partial charge in [0.1, 0.15) is 18.2 Å². The van der Waals surface area contributed by atoms with E-state index in [4.69, 9.17) is 9.47 Å². The van der Waals surface area contributed by atoms with Crippen molar-refractivity contribution in [3.05, 3.63) is 88.5 Å². The number of carbonyl (C=O) groups excluding carboxylic acids is 1. The largest absolute Gasteiger partial charge is 0.497 e. The Morgan fingerprint density at radius 3 is 2.62 bits per heavy atom. The van der Waals surface area contributed by atoms with Gasteiger partial charge in [-0.05, 0) is 49.3 Å². The number of hydrogen-bond acceptors (Lipinski definition) is 6. The SMILES string of the molecule is COc1cccc(CN(C)CCCn2ccc(NC(=O)OCc3ccccc3)nc2=O)c1. The fourth-order valence-electron chi connectivity index (χ4n) is 3.20. The molecule has 0 aliphatic rings. The molecule has 1 N–H and O–H groups in total. The maximum Gasteiger partial charge on any atom is 0.413 e. The van der Waals surface area contributed by atoms with E-state index in [9.17, 15) is 9.59 Å². The zero-order chi connectivity index (χ0) is 22.8. The molecule has 0 bridgehead atoms. The second-order valence-corrected chi connectivity index (χ2v) is 7.42. The topological polar surface area (TPSA) is 85.7 Å². The van der Waals surface area contributed by atoms with E-state index in [1.165, 1.54) is 10.1 Å². The summed E-state index contributed by atoms with van der Waals surface area (Å²) in [4.78, 5) is 30.3. The van der Waals surface area contributed by atoms with Crippen molar-refractivity contribution in [2.75, 3.05) is 26.0 Å². The number of methoxy groups -OCH3 is 1. The first kappa shape index (κ1) is 23.0. The number of rotatable bonds is 10. The van der Waals surface area contributed by atoms with Gasteiger partial charge in [-0.15, -0.1) is 0 Å². The maximum atomic E-state index is 12.3. The molecule has 0 saturated carbocycles. The normalized spacial score (nSPS) is 10.7. The molecule has 0 saturated heterocycles. The van der Waals surface area contributed by atoms with Crippen molar-refractivity contribution in [2.45, 2.75) is 26.1 Å². The molecule has 0 radical (unpaired) electrons. The molecule has 0 fully saturated rings. The predicted octanol–water partition coefficient (Wildman–Crippen LogP) is 3.52. The first-order chi connectivity index (χ1) is 15.5. The highest BCUT2D eigenvalue weighted by atomic mass is 16.5. The van der Waals surface area contributed by atoms with Crippen molar-refractivity contribution in [1.29, 1.82) is 0 Å². The second kappa shape index (κ2) is 11.7. The lowest BCUT2D eigenvalue weighted by Gasteiger charge is -2.17. The van der Waals surface area contributed by atoms with Crippen LogP contribution in [0.15, 0.2) is 71.7 Å². The standard InChI is InChI=1S/C24H28N4O4/c1-27(17-20-10-6-11-21(16-20)31-2)13-7-14-28-15-12-22(25-23(28)29)26-24(30)32-18-19-8-4-3-5-9-19/h3-6,8-12,15-16H,7,13-14,17-18H2,1-2H3,(H,25,26,29,30). The summed E-state index contributed by atoms with van der Waals surface area (Å²) in [6.45, 7) is 2.29. The minimum Gasteiger partial charge on any atom is -0.497 e. The third kappa shape index (κ3) is 7.24. The summed E-state index contributed by atoms with van der Waals surface area (Å²) in [5.74, 6) is 1.01. The van der Waals surface area contributed by atoms with Gasteiger partial charge in [0.15, 0.2) is 0 Å². The van der Waals surface area contributed by atoms with Gasteiger partial charge in [0, 0.05) is 19.3 Å². The van der Waals surface area contributed by atoms with Crippen LogP contribution in [0, 0.1) is 0 Å². The van der Waals surface area contributed by atoms with Crippen LogP contribution < -0.4 is 15.7 Å². The van der Waals surface area contributed by atoms with Gasteiger partial charge in [-0.3, -0.25) is 9.88 Å². The molecule has 3 rings (SSSR count). The number of ether oxygens (including phenoxy) is 2. The van der Waals surface area contributed by atoms with Crippen LogP contribution in [-0.4, -0.2) is 41.2 Å². The summed E-state index contributed by atoms with van der Waals surface area (Å²) >= 11 is 0. The molecule has 1 amide bonds. The van der Waals surface area contributed by atoms with Gasteiger partial charge < -0.3 is 14.4 Å². The van der Waals surface area contributed by atoms with E-state index in [1.807, 2.05) is 55.6 Å². The van der Waals surface area contributed by atoms with Gasteiger partial charge in [0.05, 0.1) is 7.11 Å². The van der Waals surface area contributed by atoms with E-state index < -0.39 is 11.8 Å². The van der Waals surface area contributed by atoms with Crippen LogP contribution >= 0.6 is 0 Å². The van der Waals surface area contributed by atoms with E-state index in [1.54, 1.807) is 19.4 Å². The summed E-state index contributed by atoms with van der Waals surface area (Å²) in [7, 11) is 3.69. The Morgan fingerprint density at radius 1 is 1.09 bits per heavy atom. The zero-order valence-corrected chi connectivity index (χ0v) is 18.4. The van der Waals surface area contributed by atoms with E-state index in [0.717, 1.165) is 30.8 Å². The fourth-order valence-corrected chi connectivity index (χ4v) is 3.20. The first-order valence-electron chi connectivity index (χ1n) is 10.4. The van der Waals surface area contributed by atoms with Crippen LogP contribution in [0.3, 0.4) is 0 Å². The molecule has 32 heavy (non-hydrogen) atoms. The Kier molecular flexibility index (Phi) is 8.39. The Bertz CT molecular complexity index is 1070. The van der Waals surface area contributed by atoms with Gasteiger partial charge in [-0.1, -0.05) is 42.5 Å². The summed E-state index contributed by atoms with van der Waals surface area (Å²) in [5, 5.41) is 2.49. The van der Waals surface area contributed by atoms with Crippen LogP contribution in [0.4, 0.5) is 10.6 Å². The Morgan fingerprint density at radius 2 is 1.88 bits per heavy atom. The van der Waals surface area contributed by atoms with Crippen LogP contribution in [0.5, 0.6) is 5.75 Å². The van der Waals surface area contributed by atoms with E-state index in [0.29, 0.717) is 6.54 Å². The maximum absolute atomic E-state index is 12.3. The minimum absolute atomic E-state index is 0.146. The number of nitrogens with zero attached hydrogens (tertiary/aromatic N) is 3. The van der Waals surface area contributed by atoms with Crippen molar-refractivity contribution in [3.63, 3.8) is 0 Å². The predicted molar refractivity (Wildman–Crippen MR) is 123 cm³/mol. The highest BCUT2D eigenvalue weighted by molar-refractivity contribution is 5.83. The van der Waals surface area contributed by atoms with E-state index in [2.05, 4.69) is 21.3 Å². The summed E-state index contributed by atoms with van der Waals surface area (Å²) in [6.07, 6.45) is 1.76. The van der Waals surface area contributed by atoms with E-state index in [-0.39, 0.29) is 12.4 Å². The molecule has 8 nitrogen and oxygen atoms in total. The fraction of sp³-hybridized carbons (Fsp3) is 0.292. The molecule has 1 aromatic heterocycles. The summed E-state index contributed by atoms with van der Waals surface area (Å²) in [5.41, 5.74) is 1.63. The lowest BCUT2D eigenvalue weighted by Crippen LogP contribution is -2.27. The van der Waals surface area contributed by atoms with Gasteiger partial charge in [-0.2, -0.15) is 4.98 Å². The van der Waals surface area contributed by atoms with Crippen LogP contribution in [-0.2, 0) is 24.4 Å². The smallest absolute Gasteiger partial charge is 0.413 e. The van der Waals surface area contributed by atoms with Crippen molar-refractivity contribution >= 4 is 11.9 Å². The quantitative estimate of drug-likeness (QED) is 0.523. The number of anilines is 1. The average Bonchev–Trinajstić information content (AvgIpc) is 2.80. The summed E-state index contributed by atoms with van der Waals surface area (Å²) in [6, 6.07) is 18.9. The molecule has 0 aliphatic heterocycles. The second-order valence-electron chi connectivity index (χ2n) is 7.42. The highest BCUT2D eigenvalue weighted by Crippen LogP contribution is 2.14. The third-order valence-corrected chi connectivity index (χ3v) is 4.84. The zero-order valence-electron chi connectivity index (χ0n) is 18.4. The van der Waals surface area contributed by atoms with Crippen molar-refractivity contribution in [2.24, 2.45) is 0 Å². The van der Waals surface area contributed by atoms with E-state index >= 15 is 0 Å². The first-order valence-corrected chi connectivity index (χ1v) is 10.4. The van der Waals surface area contributed by atoms with Crippen molar-refractivity contribution in [3.8, 4) is 5.75 Å². The molecule has 0 unspecified atom stereocenters. The number of hydrogen-bond donors (Lipinski definition) is 1. The molecule has 0 atom stereocenters. The molecular weight excluding hydrogens is 408 g/mol. The Labute approximate surface area is 187 Å². The molecule has 3 aromatic rings. The molecule has 0 spiro atoms. The molecule has 1 heterocycles. The number of benzene rings is 2.